The minimum Gasteiger partial charge on any atom is -0.393 e. The Morgan fingerprint density at radius 3 is 2.24 bits per heavy atom. The monoisotopic (exact) mass is 402 g/mol. The van der Waals surface area contributed by atoms with Gasteiger partial charge in [0.15, 0.2) is 0 Å². The van der Waals surface area contributed by atoms with Gasteiger partial charge in [0.05, 0.1) is 6.10 Å². The molecule has 1 nitrogen and oxygen atoms in total. The lowest BCUT2D eigenvalue weighted by Gasteiger charge is -2.32. The Morgan fingerprint density at radius 1 is 0.931 bits per heavy atom. The third kappa shape index (κ3) is 6.84. The summed E-state index contributed by atoms with van der Waals surface area (Å²) in [5, 5.41) is 9.72. The van der Waals surface area contributed by atoms with Crippen LogP contribution in [0.5, 0.6) is 0 Å². The van der Waals surface area contributed by atoms with Gasteiger partial charge in [-0.25, -0.2) is 0 Å². The molecule has 0 bridgehead atoms. The van der Waals surface area contributed by atoms with Crippen LogP contribution in [0.15, 0.2) is 12.2 Å². The lowest BCUT2D eigenvalue weighted by Crippen LogP contribution is -2.20. The first-order chi connectivity index (χ1) is 14.0. The van der Waals surface area contributed by atoms with Crippen LogP contribution in [0.25, 0.3) is 0 Å². The van der Waals surface area contributed by atoms with E-state index in [1.165, 1.54) is 89.0 Å². The number of hydrogen-bond donors (Lipinski definition) is 1. The van der Waals surface area contributed by atoms with Crippen molar-refractivity contribution in [3.8, 4) is 0 Å². The molecule has 168 valence electrons. The summed E-state index contributed by atoms with van der Waals surface area (Å²) in [5.74, 6) is 6.54. The molecule has 3 rings (SSSR count). The quantitative estimate of drug-likeness (QED) is 0.385. The zero-order valence-corrected chi connectivity index (χ0v) is 19.9. The van der Waals surface area contributed by atoms with E-state index in [1.54, 1.807) is 0 Å². The molecule has 0 aromatic heterocycles. The Hall–Kier alpha value is -0.300. The van der Waals surface area contributed by atoms with Crippen LogP contribution in [0.2, 0.25) is 0 Å². The van der Waals surface area contributed by atoms with Crippen molar-refractivity contribution in [2.45, 2.75) is 123 Å². The van der Waals surface area contributed by atoms with Crippen LogP contribution in [-0.4, -0.2) is 11.2 Å². The number of hydrogen-bond acceptors (Lipinski definition) is 1. The highest BCUT2D eigenvalue weighted by Crippen LogP contribution is 2.47. The Labute approximate surface area is 182 Å². The smallest absolute Gasteiger partial charge is 0.0540 e. The van der Waals surface area contributed by atoms with Gasteiger partial charge in [-0.05, 0) is 118 Å². The van der Waals surface area contributed by atoms with Crippen LogP contribution in [0.1, 0.15) is 117 Å². The molecule has 29 heavy (non-hydrogen) atoms. The van der Waals surface area contributed by atoms with E-state index in [1.807, 2.05) is 0 Å². The summed E-state index contributed by atoms with van der Waals surface area (Å²) < 4.78 is 0. The van der Waals surface area contributed by atoms with Gasteiger partial charge < -0.3 is 5.11 Å². The maximum absolute atomic E-state index is 9.72. The van der Waals surface area contributed by atoms with E-state index in [0.29, 0.717) is 5.92 Å². The van der Waals surface area contributed by atoms with E-state index in [4.69, 9.17) is 0 Å². The first-order valence-corrected chi connectivity index (χ1v) is 13.3. The van der Waals surface area contributed by atoms with Crippen LogP contribution in [0.4, 0.5) is 0 Å². The van der Waals surface area contributed by atoms with Gasteiger partial charge in [0.25, 0.3) is 0 Å². The van der Waals surface area contributed by atoms with Crippen LogP contribution >= 0.6 is 0 Å². The molecule has 0 heterocycles. The van der Waals surface area contributed by atoms with Crippen LogP contribution in [-0.2, 0) is 0 Å². The molecule has 3 aliphatic rings. The molecular formula is C28H50O. The molecule has 0 spiro atoms. The number of aliphatic hydroxyl groups excluding tert-OH is 1. The third-order valence-corrected chi connectivity index (χ3v) is 9.49. The van der Waals surface area contributed by atoms with E-state index >= 15 is 0 Å². The second kappa shape index (κ2) is 11.4. The summed E-state index contributed by atoms with van der Waals surface area (Å²) in [6.07, 6.45) is 20.3. The van der Waals surface area contributed by atoms with Crippen molar-refractivity contribution in [1.82, 2.24) is 0 Å². The van der Waals surface area contributed by atoms with E-state index in [9.17, 15) is 5.11 Å². The number of aliphatic hydroxyl groups is 1. The predicted molar refractivity (Wildman–Crippen MR) is 126 cm³/mol. The van der Waals surface area contributed by atoms with Crippen molar-refractivity contribution >= 4 is 0 Å². The highest BCUT2D eigenvalue weighted by Gasteiger charge is 2.36. The summed E-state index contributed by atoms with van der Waals surface area (Å²) in [7, 11) is 0. The molecule has 3 saturated carbocycles. The topological polar surface area (TPSA) is 20.2 Å². The van der Waals surface area contributed by atoms with Crippen LogP contribution in [0, 0.1) is 41.4 Å². The summed E-state index contributed by atoms with van der Waals surface area (Å²) >= 11 is 0. The zero-order valence-electron chi connectivity index (χ0n) is 19.9. The van der Waals surface area contributed by atoms with Crippen molar-refractivity contribution < 1.29 is 5.11 Å². The lowest BCUT2D eigenvalue weighted by atomic mass is 9.74. The molecule has 3 aliphatic carbocycles. The van der Waals surface area contributed by atoms with E-state index in [2.05, 4.69) is 27.4 Å². The molecule has 1 heteroatoms. The summed E-state index contributed by atoms with van der Waals surface area (Å²) in [4.78, 5) is 0. The Bertz CT molecular complexity index is 481. The Balaban J connectivity index is 1.33. The summed E-state index contributed by atoms with van der Waals surface area (Å²) in [5.41, 5.74) is 1.50. The molecule has 0 aromatic carbocycles. The van der Waals surface area contributed by atoms with E-state index in [0.717, 1.165) is 48.3 Å². The van der Waals surface area contributed by atoms with E-state index < -0.39 is 0 Å². The molecule has 0 aromatic rings. The summed E-state index contributed by atoms with van der Waals surface area (Å²) in [6.45, 7) is 11.8. The molecule has 0 amide bonds. The van der Waals surface area contributed by atoms with Crippen LogP contribution in [0.3, 0.4) is 0 Å². The third-order valence-electron chi connectivity index (χ3n) is 9.49. The van der Waals surface area contributed by atoms with Gasteiger partial charge in [0.2, 0.25) is 0 Å². The first-order valence-electron chi connectivity index (χ1n) is 13.3. The second-order valence-corrected chi connectivity index (χ2v) is 11.5. The average Bonchev–Trinajstić information content (AvgIpc) is 3.10. The zero-order chi connectivity index (χ0) is 20.8. The van der Waals surface area contributed by atoms with Crippen molar-refractivity contribution in [3.63, 3.8) is 0 Å². The van der Waals surface area contributed by atoms with Gasteiger partial charge in [0.1, 0.15) is 0 Å². The van der Waals surface area contributed by atoms with Gasteiger partial charge in [-0.3, -0.25) is 0 Å². The Kier molecular flexibility index (Phi) is 9.15. The highest BCUT2D eigenvalue weighted by atomic mass is 16.3. The molecule has 0 aliphatic heterocycles. The maximum Gasteiger partial charge on any atom is 0.0540 e. The fourth-order valence-electron chi connectivity index (χ4n) is 7.13. The number of rotatable bonds is 9. The number of allylic oxidation sites excluding steroid dienone is 1. The van der Waals surface area contributed by atoms with Crippen molar-refractivity contribution in [2.75, 3.05) is 0 Å². The SMILES string of the molecule is C=C(CCCC1CC(C2CCC(CC)CC2)C[C@@H]1C)C(C)CC1CCC(O)CC1. The van der Waals surface area contributed by atoms with Gasteiger partial charge in [0, 0.05) is 0 Å². The molecule has 3 unspecified atom stereocenters. The fraction of sp³-hybridized carbons (Fsp3) is 0.929. The van der Waals surface area contributed by atoms with Crippen LogP contribution < -0.4 is 0 Å². The largest absolute Gasteiger partial charge is 0.393 e. The van der Waals surface area contributed by atoms with Gasteiger partial charge in [-0.2, -0.15) is 0 Å². The minimum absolute atomic E-state index is 0.0244. The molecule has 3 fully saturated rings. The molecular weight excluding hydrogens is 352 g/mol. The predicted octanol–water partition coefficient (Wildman–Crippen LogP) is 8.17. The molecule has 4 atom stereocenters. The summed E-state index contributed by atoms with van der Waals surface area (Å²) in [6, 6.07) is 0. The van der Waals surface area contributed by atoms with Gasteiger partial charge in [-0.15, -0.1) is 0 Å². The van der Waals surface area contributed by atoms with Gasteiger partial charge in [-0.1, -0.05) is 52.2 Å². The molecule has 0 radical (unpaired) electrons. The highest BCUT2D eigenvalue weighted by molar-refractivity contribution is 5.00. The Morgan fingerprint density at radius 2 is 1.59 bits per heavy atom. The first kappa shape index (κ1) is 23.4. The average molecular weight is 403 g/mol. The molecule has 0 saturated heterocycles. The van der Waals surface area contributed by atoms with Crippen molar-refractivity contribution in [3.05, 3.63) is 12.2 Å². The normalized spacial score (nSPS) is 39.4. The fourth-order valence-corrected chi connectivity index (χ4v) is 7.13. The lowest BCUT2D eigenvalue weighted by molar-refractivity contribution is 0.103. The molecule has 1 N–H and O–H groups in total. The van der Waals surface area contributed by atoms with Crippen molar-refractivity contribution in [1.29, 1.82) is 0 Å². The standard InChI is InChI=1S/C28H50O/c1-5-23-9-13-25(14-10-23)27-18-22(4)26(19-27)8-6-7-20(2)21(3)17-24-11-15-28(29)16-12-24/h21-29H,2,5-19H2,1,3-4H3/t21?,22-,23?,24?,25?,26?,27?,28?/m0/s1. The minimum atomic E-state index is -0.0244. The maximum atomic E-state index is 9.72. The van der Waals surface area contributed by atoms with Crippen molar-refractivity contribution in [2.24, 2.45) is 41.4 Å². The second-order valence-electron chi connectivity index (χ2n) is 11.5. The van der Waals surface area contributed by atoms with E-state index in [-0.39, 0.29) is 6.10 Å². The van der Waals surface area contributed by atoms with Gasteiger partial charge >= 0.3 is 0 Å².